The fraction of sp³-hybridized carbons (Fsp3) is 0.667. The van der Waals surface area contributed by atoms with Crippen LogP contribution in [0.15, 0.2) is 18.2 Å². The van der Waals surface area contributed by atoms with Gasteiger partial charge in [-0.05, 0) is 75.3 Å². The monoisotopic (exact) mass is 413 g/mol. The van der Waals surface area contributed by atoms with Crippen LogP contribution in [0.25, 0.3) is 0 Å². The molecule has 0 aliphatic carbocycles. The summed E-state index contributed by atoms with van der Waals surface area (Å²) >= 11 is 0. The van der Waals surface area contributed by atoms with E-state index in [1.807, 2.05) is 23.1 Å². The molecule has 1 aromatic carbocycles. The highest BCUT2D eigenvalue weighted by Gasteiger charge is 2.25. The largest absolute Gasteiger partial charge is 0.493 e. The number of rotatable bonds is 1. The Morgan fingerprint density at radius 2 is 1.83 bits per heavy atom. The molecule has 0 saturated carbocycles. The second-order valence-electron chi connectivity index (χ2n) is 8.87. The predicted molar refractivity (Wildman–Crippen MR) is 117 cm³/mol. The Balaban J connectivity index is 1.44. The highest BCUT2D eigenvalue weighted by atomic mass is 16.5. The van der Waals surface area contributed by atoms with Gasteiger partial charge in [0.05, 0.1) is 6.61 Å². The molecule has 0 aromatic heterocycles. The van der Waals surface area contributed by atoms with Gasteiger partial charge in [0.2, 0.25) is 5.91 Å². The van der Waals surface area contributed by atoms with Gasteiger partial charge in [0.1, 0.15) is 5.75 Å². The molecule has 2 saturated heterocycles. The number of amides is 2. The Kier molecular flexibility index (Phi) is 7.26. The Labute approximate surface area is 179 Å². The first-order valence-corrected chi connectivity index (χ1v) is 11.8. The van der Waals surface area contributed by atoms with Crippen LogP contribution >= 0.6 is 0 Å². The van der Waals surface area contributed by atoms with Crippen LogP contribution in [-0.2, 0) is 11.2 Å². The topological polar surface area (TPSA) is 61.9 Å². The summed E-state index contributed by atoms with van der Waals surface area (Å²) in [6, 6.07) is 6.24. The standard InChI is InChI=1S/C24H35N3O3/c28-23-18-21-8-1-3-12-26(21)14-6-15-27(13-4-2-11-25-23)24(29)20-9-10-22-19(17-20)7-5-16-30-22/h9-10,17,21H,1-8,11-16,18H2,(H,25,28). The zero-order chi connectivity index (χ0) is 20.8. The predicted octanol–water partition coefficient (Wildman–Crippen LogP) is 3.00. The number of ether oxygens (including phenoxy) is 1. The van der Waals surface area contributed by atoms with Crippen LogP contribution < -0.4 is 10.1 Å². The average molecular weight is 414 g/mol. The SMILES string of the molecule is O=C1CC2CCCCN2CCCN(C(=O)c2ccc3c(c2)CCCO3)CCCCN1. The summed E-state index contributed by atoms with van der Waals surface area (Å²) in [5.74, 6) is 1.22. The number of aryl methyl sites for hydroxylation is 1. The number of hydrogen-bond donors (Lipinski definition) is 1. The maximum Gasteiger partial charge on any atom is 0.253 e. The highest BCUT2D eigenvalue weighted by molar-refractivity contribution is 5.94. The van der Waals surface area contributed by atoms with Crippen LogP contribution in [0.4, 0.5) is 0 Å². The number of nitrogens with one attached hydrogen (secondary N) is 1. The minimum absolute atomic E-state index is 0.123. The maximum absolute atomic E-state index is 13.3. The summed E-state index contributed by atoms with van der Waals surface area (Å²) in [5.41, 5.74) is 1.92. The number of benzene rings is 1. The van der Waals surface area contributed by atoms with E-state index in [2.05, 4.69) is 10.2 Å². The van der Waals surface area contributed by atoms with Crippen LogP contribution in [0.1, 0.15) is 67.3 Å². The van der Waals surface area contributed by atoms with Crippen molar-refractivity contribution >= 4 is 11.8 Å². The number of piperidine rings is 1. The molecule has 4 rings (SSSR count). The molecule has 0 bridgehead atoms. The van der Waals surface area contributed by atoms with Gasteiger partial charge in [-0.15, -0.1) is 0 Å². The van der Waals surface area contributed by atoms with Crippen molar-refractivity contribution in [1.29, 1.82) is 0 Å². The van der Waals surface area contributed by atoms with E-state index in [9.17, 15) is 9.59 Å². The van der Waals surface area contributed by atoms with Gasteiger partial charge in [-0.2, -0.15) is 0 Å². The first-order valence-electron chi connectivity index (χ1n) is 11.8. The molecule has 0 spiro atoms. The van der Waals surface area contributed by atoms with Crippen LogP contribution in [-0.4, -0.2) is 67.0 Å². The zero-order valence-electron chi connectivity index (χ0n) is 18.0. The summed E-state index contributed by atoms with van der Waals surface area (Å²) in [6.07, 6.45) is 8.89. The molecule has 6 nitrogen and oxygen atoms in total. The molecule has 3 heterocycles. The fourth-order valence-corrected chi connectivity index (χ4v) is 4.98. The average Bonchev–Trinajstić information content (AvgIpc) is 2.79. The Hall–Kier alpha value is -2.08. The van der Waals surface area contributed by atoms with E-state index in [1.54, 1.807) is 0 Å². The van der Waals surface area contributed by atoms with Crippen LogP contribution in [0, 0.1) is 0 Å². The maximum atomic E-state index is 13.3. The number of carbonyl (C=O) groups excluding carboxylic acids is 2. The Morgan fingerprint density at radius 3 is 2.77 bits per heavy atom. The molecular weight excluding hydrogens is 378 g/mol. The molecule has 2 amide bonds. The van der Waals surface area contributed by atoms with Gasteiger partial charge in [0, 0.05) is 44.2 Å². The van der Waals surface area contributed by atoms with Gasteiger partial charge >= 0.3 is 0 Å². The van der Waals surface area contributed by atoms with Gasteiger partial charge in [-0.25, -0.2) is 0 Å². The number of carbonyl (C=O) groups is 2. The van der Waals surface area contributed by atoms with Crippen molar-refractivity contribution in [1.82, 2.24) is 15.1 Å². The Bertz CT molecular complexity index is 751. The van der Waals surface area contributed by atoms with Crippen molar-refractivity contribution in [2.24, 2.45) is 0 Å². The normalized spacial score (nSPS) is 24.2. The first-order chi connectivity index (χ1) is 14.7. The van der Waals surface area contributed by atoms with E-state index in [0.29, 0.717) is 19.0 Å². The molecule has 1 N–H and O–H groups in total. The number of hydrogen-bond acceptors (Lipinski definition) is 4. The lowest BCUT2D eigenvalue weighted by Crippen LogP contribution is -2.44. The molecule has 3 aliphatic heterocycles. The molecule has 3 aliphatic rings. The van der Waals surface area contributed by atoms with Crippen molar-refractivity contribution in [3.8, 4) is 5.75 Å². The Morgan fingerprint density at radius 1 is 1.00 bits per heavy atom. The van der Waals surface area contributed by atoms with Crippen molar-refractivity contribution in [3.63, 3.8) is 0 Å². The minimum Gasteiger partial charge on any atom is -0.493 e. The molecule has 1 aromatic rings. The smallest absolute Gasteiger partial charge is 0.253 e. The van der Waals surface area contributed by atoms with E-state index in [4.69, 9.17) is 4.74 Å². The molecule has 2 fully saturated rings. The number of fused-ring (bicyclic) bond motifs is 2. The molecule has 0 radical (unpaired) electrons. The molecule has 1 atom stereocenters. The molecule has 164 valence electrons. The summed E-state index contributed by atoms with van der Waals surface area (Å²) in [6.45, 7) is 5.00. The van der Waals surface area contributed by atoms with Gasteiger partial charge in [0.25, 0.3) is 5.91 Å². The third kappa shape index (κ3) is 5.34. The quantitative estimate of drug-likeness (QED) is 0.769. The zero-order valence-corrected chi connectivity index (χ0v) is 18.0. The molecular formula is C24H35N3O3. The fourth-order valence-electron chi connectivity index (χ4n) is 4.98. The lowest BCUT2D eigenvalue weighted by molar-refractivity contribution is -0.122. The van der Waals surface area contributed by atoms with Gasteiger partial charge in [0.15, 0.2) is 0 Å². The molecule has 1 unspecified atom stereocenters. The van der Waals surface area contributed by atoms with E-state index in [-0.39, 0.29) is 11.8 Å². The third-order valence-corrected chi connectivity index (χ3v) is 6.66. The minimum atomic E-state index is 0.123. The second kappa shape index (κ2) is 10.3. The van der Waals surface area contributed by atoms with Gasteiger partial charge in [-0.3, -0.25) is 14.5 Å². The summed E-state index contributed by atoms with van der Waals surface area (Å²) < 4.78 is 5.70. The van der Waals surface area contributed by atoms with Crippen molar-refractivity contribution in [2.45, 2.75) is 63.8 Å². The van der Waals surface area contributed by atoms with Crippen LogP contribution in [0.3, 0.4) is 0 Å². The molecule has 30 heavy (non-hydrogen) atoms. The number of nitrogens with zero attached hydrogens (tertiary/aromatic N) is 2. The summed E-state index contributed by atoms with van der Waals surface area (Å²) in [7, 11) is 0. The second-order valence-corrected chi connectivity index (χ2v) is 8.87. The van der Waals surface area contributed by atoms with Crippen LogP contribution in [0.5, 0.6) is 5.75 Å². The van der Waals surface area contributed by atoms with E-state index in [0.717, 1.165) is 88.2 Å². The first kappa shape index (κ1) is 21.2. The summed E-state index contributed by atoms with van der Waals surface area (Å²) in [4.78, 5) is 30.1. The highest BCUT2D eigenvalue weighted by Crippen LogP contribution is 2.26. The lowest BCUT2D eigenvalue weighted by Gasteiger charge is -2.35. The van der Waals surface area contributed by atoms with Crippen LogP contribution in [0.2, 0.25) is 0 Å². The van der Waals surface area contributed by atoms with Gasteiger partial charge in [-0.1, -0.05) is 6.42 Å². The lowest BCUT2D eigenvalue weighted by atomic mass is 9.98. The van der Waals surface area contributed by atoms with Gasteiger partial charge < -0.3 is 15.0 Å². The van der Waals surface area contributed by atoms with Crippen molar-refractivity contribution in [3.05, 3.63) is 29.3 Å². The van der Waals surface area contributed by atoms with E-state index in [1.165, 1.54) is 12.8 Å². The van der Waals surface area contributed by atoms with Crippen molar-refractivity contribution in [2.75, 3.05) is 39.3 Å². The summed E-state index contributed by atoms with van der Waals surface area (Å²) in [5, 5.41) is 3.08. The van der Waals surface area contributed by atoms with E-state index >= 15 is 0 Å². The molecule has 6 heteroatoms. The van der Waals surface area contributed by atoms with Crippen molar-refractivity contribution < 1.29 is 14.3 Å². The third-order valence-electron chi connectivity index (χ3n) is 6.66. The van der Waals surface area contributed by atoms with E-state index < -0.39 is 0 Å².